The van der Waals surface area contributed by atoms with Gasteiger partial charge < -0.3 is 4.90 Å². The second-order valence-corrected chi connectivity index (χ2v) is 4.68. The molecule has 0 radical (unpaired) electrons. The van der Waals surface area contributed by atoms with E-state index < -0.39 is 0 Å². The molecule has 0 aromatic carbocycles. The molecule has 1 nitrogen and oxygen atoms in total. The van der Waals surface area contributed by atoms with Crippen LogP contribution in [-0.2, 0) is 0 Å². The average molecular weight is 211 g/mol. The summed E-state index contributed by atoms with van der Waals surface area (Å²) in [6.07, 6.45) is 12.6. The molecule has 1 heteroatoms. The summed E-state index contributed by atoms with van der Waals surface area (Å²) in [4.78, 5) is 2.39. The molecule has 0 spiro atoms. The molecule has 0 amide bonds. The first kappa shape index (κ1) is 14.7. The van der Waals surface area contributed by atoms with Crippen LogP contribution in [0, 0.1) is 0 Å². The van der Waals surface area contributed by atoms with Gasteiger partial charge in [-0.15, -0.1) is 0 Å². The van der Waals surface area contributed by atoms with E-state index in [1.165, 1.54) is 45.1 Å². The van der Waals surface area contributed by atoms with E-state index >= 15 is 0 Å². The van der Waals surface area contributed by atoms with Gasteiger partial charge in [-0.3, -0.25) is 0 Å². The highest BCUT2D eigenvalue weighted by molar-refractivity contribution is 4.82. The summed E-state index contributed by atoms with van der Waals surface area (Å²) in [6, 6.07) is 0.669. The Bertz CT molecular complexity index is 149. The molecule has 0 heterocycles. The number of hydrogen-bond acceptors (Lipinski definition) is 1. The van der Waals surface area contributed by atoms with Gasteiger partial charge in [-0.25, -0.2) is 0 Å². The van der Waals surface area contributed by atoms with Crippen LogP contribution in [0.2, 0.25) is 0 Å². The van der Waals surface area contributed by atoms with E-state index in [2.05, 4.69) is 44.9 Å². The maximum atomic E-state index is 2.39. The summed E-state index contributed by atoms with van der Waals surface area (Å²) in [5.41, 5.74) is 0. The predicted molar refractivity (Wildman–Crippen MR) is 70.3 cm³/mol. The fourth-order valence-corrected chi connectivity index (χ4v) is 1.46. The Balaban J connectivity index is 3.24. The highest BCUT2D eigenvalue weighted by Gasteiger charge is 1.99. The molecule has 0 aromatic rings. The number of nitrogens with zero attached hydrogens (tertiary/aromatic N) is 1. The molecule has 15 heavy (non-hydrogen) atoms. The Kier molecular flexibility index (Phi) is 10.0. The van der Waals surface area contributed by atoms with Crippen LogP contribution in [0.25, 0.3) is 0 Å². The Morgan fingerprint density at radius 2 is 1.67 bits per heavy atom. The van der Waals surface area contributed by atoms with Crippen molar-refractivity contribution in [2.45, 2.75) is 65.3 Å². The van der Waals surface area contributed by atoms with Crippen molar-refractivity contribution >= 4 is 0 Å². The Morgan fingerprint density at radius 1 is 1.00 bits per heavy atom. The second-order valence-electron chi connectivity index (χ2n) is 4.68. The molecule has 0 aromatic heterocycles. The van der Waals surface area contributed by atoms with Crippen molar-refractivity contribution in [2.75, 3.05) is 13.6 Å². The lowest BCUT2D eigenvalue weighted by Crippen LogP contribution is -2.26. The molecule has 0 unspecified atom stereocenters. The van der Waals surface area contributed by atoms with Crippen molar-refractivity contribution in [2.24, 2.45) is 0 Å². The fraction of sp³-hybridized carbons (Fsp3) is 0.857. The fourth-order valence-electron chi connectivity index (χ4n) is 1.46. The predicted octanol–water partition coefficient (Wildman–Crippen LogP) is 4.24. The third-order valence-electron chi connectivity index (χ3n) is 2.92. The molecule has 90 valence electrons. The van der Waals surface area contributed by atoms with Crippen molar-refractivity contribution in [3.63, 3.8) is 0 Å². The molecular formula is C14H29N. The first-order valence-corrected chi connectivity index (χ1v) is 6.53. The van der Waals surface area contributed by atoms with Crippen LogP contribution in [0.15, 0.2) is 12.2 Å². The first-order chi connectivity index (χ1) is 7.18. The molecule has 0 aliphatic heterocycles. The van der Waals surface area contributed by atoms with Crippen molar-refractivity contribution in [3.8, 4) is 0 Å². The zero-order chi connectivity index (χ0) is 11.5. The number of rotatable bonds is 9. The van der Waals surface area contributed by atoms with Gasteiger partial charge in [0.05, 0.1) is 0 Å². The Morgan fingerprint density at radius 3 is 2.27 bits per heavy atom. The van der Waals surface area contributed by atoms with Crippen LogP contribution in [-0.4, -0.2) is 24.5 Å². The minimum absolute atomic E-state index is 0.669. The maximum absolute atomic E-state index is 2.39. The lowest BCUT2D eigenvalue weighted by atomic mass is 10.1. The molecule has 0 aliphatic carbocycles. The summed E-state index contributed by atoms with van der Waals surface area (Å²) >= 11 is 0. The van der Waals surface area contributed by atoms with E-state index in [1.54, 1.807) is 0 Å². The van der Waals surface area contributed by atoms with Gasteiger partial charge in [0, 0.05) is 12.6 Å². The van der Waals surface area contributed by atoms with Gasteiger partial charge in [0.15, 0.2) is 0 Å². The van der Waals surface area contributed by atoms with Crippen molar-refractivity contribution in [1.29, 1.82) is 0 Å². The Labute approximate surface area is 96.6 Å². The Hall–Kier alpha value is -0.300. The van der Waals surface area contributed by atoms with Crippen LogP contribution in [0.3, 0.4) is 0 Å². The maximum Gasteiger partial charge on any atom is 0.00356 e. The van der Waals surface area contributed by atoms with Gasteiger partial charge >= 0.3 is 0 Å². The lowest BCUT2D eigenvalue weighted by molar-refractivity contribution is 0.279. The molecule has 0 fully saturated rings. The number of unbranched alkanes of at least 4 members (excludes halogenated alkanes) is 4. The van der Waals surface area contributed by atoms with Gasteiger partial charge in [0.1, 0.15) is 0 Å². The highest BCUT2D eigenvalue weighted by atomic mass is 15.1. The highest BCUT2D eigenvalue weighted by Crippen LogP contribution is 2.03. The van der Waals surface area contributed by atoms with Crippen molar-refractivity contribution < 1.29 is 0 Å². The van der Waals surface area contributed by atoms with E-state index in [1.807, 2.05) is 0 Å². The van der Waals surface area contributed by atoms with Crippen LogP contribution in [0.1, 0.15) is 59.3 Å². The van der Waals surface area contributed by atoms with Gasteiger partial charge in [-0.05, 0) is 40.2 Å². The first-order valence-electron chi connectivity index (χ1n) is 6.53. The van der Waals surface area contributed by atoms with Crippen LogP contribution < -0.4 is 0 Å². The van der Waals surface area contributed by atoms with E-state index in [4.69, 9.17) is 0 Å². The molecule has 0 aliphatic rings. The van der Waals surface area contributed by atoms with E-state index in [9.17, 15) is 0 Å². The summed E-state index contributed by atoms with van der Waals surface area (Å²) in [7, 11) is 2.19. The number of hydrogen-bond donors (Lipinski definition) is 0. The smallest absolute Gasteiger partial charge is 0.00356 e. The molecule has 0 saturated carbocycles. The molecular weight excluding hydrogens is 182 g/mol. The average Bonchev–Trinajstić information content (AvgIpc) is 2.21. The quantitative estimate of drug-likeness (QED) is 0.407. The van der Waals surface area contributed by atoms with Crippen molar-refractivity contribution in [3.05, 3.63) is 12.2 Å². The minimum Gasteiger partial charge on any atom is -0.304 e. The lowest BCUT2D eigenvalue weighted by Gasteiger charge is -2.19. The molecule has 0 bridgehead atoms. The monoisotopic (exact) mass is 211 g/mol. The summed E-state index contributed by atoms with van der Waals surface area (Å²) in [5.74, 6) is 0. The molecule has 0 N–H and O–H groups in total. The van der Waals surface area contributed by atoms with Crippen molar-refractivity contribution in [1.82, 2.24) is 4.90 Å². The van der Waals surface area contributed by atoms with Gasteiger partial charge in [0.25, 0.3) is 0 Å². The van der Waals surface area contributed by atoms with Gasteiger partial charge in [-0.1, -0.05) is 38.3 Å². The summed E-state index contributed by atoms with van der Waals surface area (Å²) in [6.45, 7) is 7.93. The minimum atomic E-state index is 0.669. The normalized spacial score (nSPS) is 12.1. The second kappa shape index (κ2) is 10.2. The number of allylic oxidation sites excluding steroid dienone is 1. The molecule has 0 atom stereocenters. The van der Waals surface area contributed by atoms with Gasteiger partial charge in [0.2, 0.25) is 0 Å². The van der Waals surface area contributed by atoms with Crippen LogP contribution in [0.5, 0.6) is 0 Å². The molecule has 0 rings (SSSR count). The summed E-state index contributed by atoms with van der Waals surface area (Å²) in [5, 5.41) is 0. The van der Waals surface area contributed by atoms with Crippen LogP contribution in [0.4, 0.5) is 0 Å². The van der Waals surface area contributed by atoms with Gasteiger partial charge in [-0.2, -0.15) is 0 Å². The summed E-state index contributed by atoms with van der Waals surface area (Å²) < 4.78 is 0. The van der Waals surface area contributed by atoms with Crippen LogP contribution >= 0.6 is 0 Å². The van der Waals surface area contributed by atoms with E-state index in [0.717, 1.165) is 0 Å². The topological polar surface area (TPSA) is 3.24 Å². The largest absolute Gasteiger partial charge is 0.304 e. The third kappa shape index (κ3) is 9.99. The van der Waals surface area contributed by atoms with E-state index in [-0.39, 0.29) is 0 Å². The zero-order valence-electron chi connectivity index (χ0n) is 11.1. The SMILES string of the molecule is CCCCCC/C=C/CCN(C)C(C)C. The zero-order valence-corrected chi connectivity index (χ0v) is 11.1. The molecule has 0 saturated heterocycles. The standard InChI is InChI=1S/C14H29N/c1-5-6-7-8-9-10-11-12-13-15(4)14(2)3/h10-11,14H,5-9,12-13H2,1-4H3/b11-10+. The van der Waals surface area contributed by atoms with E-state index in [0.29, 0.717) is 6.04 Å². The third-order valence-corrected chi connectivity index (χ3v) is 2.92.